The van der Waals surface area contributed by atoms with Crippen LogP contribution in [0.25, 0.3) is 22.2 Å². The Morgan fingerprint density at radius 1 is 0.927 bits per heavy atom. The molecule has 0 bridgehead atoms. The second-order valence-electron chi connectivity index (χ2n) is 15.8. The third kappa shape index (κ3) is 9.01. The number of H-pyrrole nitrogens is 1. The highest BCUT2D eigenvalue weighted by Crippen LogP contribution is 2.32. The van der Waals surface area contributed by atoms with Gasteiger partial charge in [-0.3, -0.25) is 19.4 Å². The number of carbonyl (C=O) groups is 2. The van der Waals surface area contributed by atoms with Crippen molar-refractivity contribution in [1.82, 2.24) is 24.8 Å². The molecular weight excluding hydrogens is 729 g/mol. The first kappa shape index (κ1) is 38.8. The van der Waals surface area contributed by atoms with Crippen LogP contribution in [0.1, 0.15) is 56.0 Å². The maximum atomic E-state index is 15.9. The van der Waals surface area contributed by atoms with E-state index in [0.717, 1.165) is 79.9 Å². The Bertz CT molecular complexity index is 2080. The van der Waals surface area contributed by atoms with Crippen LogP contribution in [-0.4, -0.2) is 122 Å². The van der Waals surface area contributed by atoms with Gasteiger partial charge in [0.2, 0.25) is 10.9 Å². The number of hydrazine groups is 1. The number of pyridine rings is 1. The van der Waals surface area contributed by atoms with E-state index < -0.39 is 34.3 Å². The van der Waals surface area contributed by atoms with Gasteiger partial charge in [-0.25, -0.2) is 27.2 Å². The molecule has 0 amide bonds. The highest BCUT2D eigenvalue weighted by atomic mass is 32.2. The van der Waals surface area contributed by atoms with Crippen LogP contribution in [0.4, 0.5) is 20.2 Å². The maximum absolute atomic E-state index is 15.9. The lowest BCUT2D eigenvalue weighted by atomic mass is 9.96. The number of benzene rings is 2. The van der Waals surface area contributed by atoms with E-state index in [1.807, 2.05) is 39.0 Å². The third-order valence-electron chi connectivity index (χ3n) is 10.7. The molecule has 0 radical (unpaired) electrons. The zero-order valence-corrected chi connectivity index (χ0v) is 32.4. The molecule has 0 spiro atoms. The Morgan fingerprint density at radius 3 is 2.31 bits per heavy atom. The van der Waals surface area contributed by atoms with Crippen LogP contribution in [0.2, 0.25) is 0 Å². The molecule has 1 atom stereocenters. The number of likely N-dealkylation sites (tertiary alicyclic amines) is 1. The van der Waals surface area contributed by atoms with Crippen LogP contribution in [0.5, 0.6) is 0 Å². The standard InChI is InChI=1S/C40H49F2N7O5S/c1-40(2,3)54-36(50)26-45-14-11-27(12-15-45)24-46-17-19-47(20-18-46)31-9-7-28(8-10-31)29-21-33-34(23-44-39(33)43-22-29)38(51)32-5-4-6-35(37(32)42)49(55(52)53)48-16-13-30(41)25-48/h4-10,21-23,27,30,55H,11-20,24-26H2,1-3H3,(H,43,44)/t30-/m1/s1. The molecule has 3 fully saturated rings. The molecule has 294 valence electrons. The van der Waals surface area contributed by atoms with E-state index in [-0.39, 0.29) is 42.3 Å². The van der Waals surface area contributed by atoms with Gasteiger partial charge in [-0.1, -0.05) is 18.2 Å². The Balaban J connectivity index is 0.966. The minimum Gasteiger partial charge on any atom is -0.459 e. The number of aromatic nitrogens is 2. The molecule has 0 unspecified atom stereocenters. The van der Waals surface area contributed by atoms with E-state index in [4.69, 9.17) is 4.74 Å². The number of fused-ring (bicyclic) bond motifs is 1. The van der Waals surface area contributed by atoms with Gasteiger partial charge in [0.25, 0.3) is 0 Å². The summed E-state index contributed by atoms with van der Waals surface area (Å²) in [6.07, 6.45) is 4.28. The van der Waals surface area contributed by atoms with Gasteiger partial charge in [0.15, 0.2) is 11.6 Å². The van der Waals surface area contributed by atoms with Crippen LogP contribution in [0.3, 0.4) is 0 Å². The lowest BCUT2D eigenvalue weighted by Crippen LogP contribution is -2.49. The highest BCUT2D eigenvalue weighted by molar-refractivity contribution is 7.73. The van der Waals surface area contributed by atoms with Crippen molar-refractivity contribution in [2.75, 3.05) is 74.8 Å². The molecule has 12 nitrogen and oxygen atoms in total. The Morgan fingerprint density at radius 2 is 1.65 bits per heavy atom. The van der Waals surface area contributed by atoms with Crippen molar-refractivity contribution in [3.63, 3.8) is 0 Å². The van der Waals surface area contributed by atoms with Gasteiger partial charge in [0, 0.05) is 73.9 Å². The molecule has 3 saturated heterocycles. The van der Waals surface area contributed by atoms with Crippen molar-refractivity contribution in [3.05, 3.63) is 77.9 Å². The molecule has 7 rings (SSSR count). The van der Waals surface area contributed by atoms with Crippen LogP contribution in [0, 0.1) is 11.7 Å². The van der Waals surface area contributed by atoms with Gasteiger partial charge in [-0.05, 0) is 94.9 Å². The quantitative estimate of drug-likeness (QED) is 0.121. The number of ketones is 1. The number of rotatable bonds is 11. The van der Waals surface area contributed by atoms with Crippen molar-refractivity contribution in [3.8, 4) is 11.1 Å². The number of alkyl halides is 1. The number of esters is 1. The second kappa shape index (κ2) is 16.3. The van der Waals surface area contributed by atoms with E-state index in [1.54, 1.807) is 6.20 Å². The molecule has 5 heterocycles. The Hall–Kier alpha value is -4.44. The molecule has 4 aromatic rings. The number of ether oxygens (including phenoxy) is 1. The molecule has 55 heavy (non-hydrogen) atoms. The number of thiol groups is 1. The van der Waals surface area contributed by atoms with Crippen molar-refractivity contribution in [2.24, 2.45) is 5.92 Å². The number of hydrogen-bond acceptors (Lipinski definition) is 10. The molecule has 2 aromatic carbocycles. The summed E-state index contributed by atoms with van der Waals surface area (Å²) in [5.74, 6) is -1.16. The molecule has 0 aliphatic carbocycles. The summed E-state index contributed by atoms with van der Waals surface area (Å²) in [4.78, 5) is 40.7. The molecule has 1 N–H and O–H groups in total. The summed E-state index contributed by atoms with van der Waals surface area (Å²) in [6.45, 7) is 12.7. The minimum absolute atomic E-state index is 0.109. The molecule has 2 aromatic heterocycles. The Kier molecular flexibility index (Phi) is 11.5. The molecular formula is C40H49F2N7O5S. The predicted molar refractivity (Wildman–Crippen MR) is 209 cm³/mol. The van der Waals surface area contributed by atoms with Gasteiger partial charge < -0.3 is 14.6 Å². The number of aromatic amines is 1. The molecule has 3 aliphatic heterocycles. The smallest absolute Gasteiger partial charge is 0.320 e. The maximum Gasteiger partial charge on any atom is 0.320 e. The van der Waals surface area contributed by atoms with Gasteiger partial charge in [-0.15, -0.1) is 0 Å². The normalized spacial score (nSPS) is 19.4. The van der Waals surface area contributed by atoms with Crippen LogP contribution in [-0.2, 0) is 20.4 Å². The van der Waals surface area contributed by atoms with Crippen LogP contribution >= 0.6 is 0 Å². The lowest BCUT2D eigenvalue weighted by Gasteiger charge is -2.39. The first-order valence-electron chi connectivity index (χ1n) is 19.0. The summed E-state index contributed by atoms with van der Waals surface area (Å²) in [7, 11) is -3.33. The summed E-state index contributed by atoms with van der Waals surface area (Å²) < 4.78 is 60.4. The second-order valence-corrected chi connectivity index (χ2v) is 16.6. The molecule has 15 heteroatoms. The average Bonchev–Trinajstić information content (AvgIpc) is 3.78. The monoisotopic (exact) mass is 777 g/mol. The zero-order valence-electron chi connectivity index (χ0n) is 31.5. The van der Waals surface area contributed by atoms with Gasteiger partial charge in [0.05, 0.1) is 18.7 Å². The number of piperazine rings is 1. The lowest BCUT2D eigenvalue weighted by molar-refractivity contribution is -0.156. The van der Waals surface area contributed by atoms with E-state index in [2.05, 4.69) is 36.8 Å². The van der Waals surface area contributed by atoms with Crippen LogP contribution in [0.15, 0.2) is 60.9 Å². The fraction of sp³-hybridized carbons (Fsp3) is 0.475. The van der Waals surface area contributed by atoms with Crippen molar-refractivity contribution in [1.29, 1.82) is 0 Å². The van der Waals surface area contributed by atoms with E-state index in [9.17, 15) is 22.4 Å². The molecule has 3 aliphatic rings. The number of carbonyl (C=O) groups excluding carboxylic acids is 2. The fourth-order valence-corrected chi connectivity index (χ4v) is 8.56. The summed E-state index contributed by atoms with van der Waals surface area (Å²) in [5, 5.41) is 1.74. The van der Waals surface area contributed by atoms with Crippen molar-refractivity contribution < 1.29 is 31.5 Å². The highest BCUT2D eigenvalue weighted by Gasteiger charge is 2.32. The first-order chi connectivity index (χ1) is 26.3. The van der Waals surface area contributed by atoms with Gasteiger partial charge in [-0.2, -0.15) is 4.41 Å². The average molecular weight is 778 g/mol. The van der Waals surface area contributed by atoms with Crippen molar-refractivity contribution in [2.45, 2.75) is 51.8 Å². The number of nitrogens with one attached hydrogen (secondary N) is 1. The number of anilines is 2. The topological polar surface area (TPSA) is 122 Å². The van der Waals surface area contributed by atoms with Gasteiger partial charge >= 0.3 is 5.97 Å². The number of piperidine rings is 1. The fourth-order valence-electron chi connectivity index (χ4n) is 7.86. The van der Waals surface area contributed by atoms with Crippen LogP contribution < -0.4 is 9.31 Å². The van der Waals surface area contributed by atoms with Gasteiger partial charge in [0.1, 0.15) is 23.1 Å². The number of halogens is 2. The van der Waals surface area contributed by atoms with Crippen molar-refractivity contribution >= 4 is 45.1 Å². The summed E-state index contributed by atoms with van der Waals surface area (Å²) >= 11 is 0. The SMILES string of the molecule is CC(C)(C)OC(=O)CN1CCC(CN2CCN(c3ccc(-c4cnc5[nH]cc(C(=O)c6cccc(N(N7CC[C@@H](F)C7)[SH](=O)=O)c6F)c5c4)cc3)CC2)CC1. The largest absolute Gasteiger partial charge is 0.459 e. The summed E-state index contributed by atoms with van der Waals surface area (Å²) in [5.41, 5.74) is 2.40. The first-order valence-corrected chi connectivity index (χ1v) is 20.1. The van der Waals surface area contributed by atoms with E-state index in [0.29, 0.717) is 23.5 Å². The predicted octanol–water partition coefficient (Wildman–Crippen LogP) is 5.07. The van der Waals surface area contributed by atoms with E-state index in [1.165, 1.54) is 29.4 Å². The molecule has 0 saturated carbocycles. The number of hydrogen-bond donors (Lipinski definition) is 2. The summed E-state index contributed by atoms with van der Waals surface area (Å²) in [6, 6.07) is 14.1. The zero-order chi connectivity index (χ0) is 38.9. The minimum atomic E-state index is -3.33. The number of nitrogens with zero attached hydrogens (tertiary/aromatic N) is 6. The Labute approximate surface area is 322 Å². The van der Waals surface area contributed by atoms with E-state index >= 15 is 4.39 Å². The third-order valence-corrected chi connectivity index (χ3v) is 11.5.